The van der Waals surface area contributed by atoms with Gasteiger partial charge in [0.25, 0.3) is 0 Å². The van der Waals surface area contributed by atoms with Gasteiger partial charge in [0.05, 0.1) is 12.8 Å². The summed E-state index contributed by atoms with van der Waals surface area (Å²) in [6, 6.07) is 13.6. The van der Waals surface area contributed by atoms with Crippen LogP contribution in [0.4, 0.5) is 5.69 Å². The van der Waals surface area contributed by atoms with Gasteiger partial charge in [0.2, 0.25) is 0 Å². The van der Waals surface area contributed by atoms with Gasteiger partial charge >= 0.3 is 0 Å². The number of hydrogen-bond donors (Lipinski definition) is 1. The minimum absolute atomic E-state index is 0.0238. The van der Waals surface area contributed by atoms with Gasteiger partial charge in [-0.3, -0.25) is 9.79 Å². The fourth-order valence-corrected chi connectivity index (χ4v) is 3.14. The van der Waals surface area contributed by atoms with Gasteiger partial charge in [0.1, 0.15) is 5.75 Å². The third-order valence-electron chi connectivity index (χ3n) is 4.35. The Hall–Kier alpha value is -2.88. The van der Waals surface area contributed by atoms with Crippen molar-refractivity contribution >= 4 is 17.2 Å². The van der Waals surface area contributed by atoms with Crippen molar-refractivity contribution in [2.75, 3.05) is 12.4 Å². The van der Waals surface area contributed by atoms with Crippen molar-refractivity contribution in [2.45, 2.75) is 12.6 Å². The smallest absolute Gasteiger partial charge is 0.186 e. The van der Waals surface area contributed by atoms with Crippen molar-refractivity contribution in [3.63, 3.8) is 0 Å². The molecular weight excluding hydrogens is 288 g/mol. The molecule has 4 heteroatoms. The van der Waals surface area contributed by atoms with Crippen molar-refractivity contribution in [2.24, 2.45) is 4.99 Å². The number of carbonyl (C=O) groups is 1. The molecule has 1 atom stereocenters. The van der Waals surface area contributed by atoms with Crippen LogP contribution in [-0.4, -0.2) is 18.6 Å². The highest BCUT2D eigenvalue weighted by atomic mass is 16.5. The van der Waals surface area contributed by atoms with E-state index in [2.05, 4.69) is 5.32 Å². The minimum Gasteiger partial charge on any atom is -0.497 e. The third kappa shape index (κ3) is 2.06. The highest BCUT2D eigenvalue weighted by Crippen LogP contribution is 2.38. The van der Waals surface area contributed by atoms with E-state index in [1.54, 1.807) is 19.3 Å². The van der Waals surface area contributed by atoms with Gasteiger partial charge in [-0.1, -0.05) is 24.3 Å². The lowest BCUT2D eigenvalue weighted by molar-refractivity contribution is 0.104. The Kier molecular flexibility index (Phi) is 2.88. The average Bonchev–Trinajstić information content (AvgIpc) is 2.58. The van der Waals surface area contributed by atoms with E-state index in [-0.39, 0.29) is 5.78 Å². The number of ketones is 1. The molecule has 2 aromatic rings. The summed E-state index contributed by atoms with van der Waals surface area (Å²) in [7, 11) is 1.65. The quantitative estimate of drug-likeness (QED) is 0.923. The van der Waals surface area contributed by atoms with Crippen molar-refractivity contribution < 1.29 is 9.53 Å². The number of methoxy groups -OCH3 is 1. The SMILES string of the molecule is COc1ccc(C2(C)N=C3C=CC(=O)c4cccc(c43)N2)cc1. The Morgan fingerprint density at radius 3 is 2.61 bits per heavy atom. The van der Waals surface area contributed by atoms with Gasteiger partial charge in [-0.2, -0.15) is 0 Å². The first-order valence-corrected chi connectivity index (χ1v) is 7.49. The standard InChI is InChI=1S/C19H16N2O2/c1-19(12-6-8-13(23-2)9-7-12)20-15-5-3-4-14-17(22)11-10-16(21-19)18(14)15/h3-11,20H,1-2H3. The Labute approximate surface area is 134 Å². The van der Waals surface area contributed by atoms with Gasteiger partial charge in [-0.15, -0.1) is 0 Å². The Balaban J connectivity index is 1.85. The van der Waals surface area contributed by atoms with Gasteiger partial charge in [0.15, 0.2) is 11.4 Å². The van der Waals surface area contributed by atoms with Crippen LogP contribution in [-0.2, 0) is 5.66 Å². The molecule has 114 valence electrons. The van der Waals surface area contributed by atoms with Crippen LogP contribution in [0.5, 0.6) is 5.75 Å². The summed E-state index contributed by atoms with van der Waals surface area (Å²) >= 11 is 0. The molecule has 0 bridgehead atoms. The van der Waals surface area contributed by atoms with Crippen molar-refractivity contribution in [3.05, 3.63) is 71.3 Å². The first kappa shape index (κ1) is 13.8. The molecule has 1 unspecified atom stereocenters. The molecule has 23 heavy (non-hydrogen) atoms. The molecule has 0 saturated carbocycles. The van der Waals surface area contributed by atoms with Crippen LogP contribution in [0.25, 0.3) is 0 Å². The Morgan fingerprint density at radius 1 is 1.09 bits per heavy atom. The summed E-state index contributed by atoms with van der Waals surface area (Å²) in [6.45, 7) is 2.03. The zero-order valence-electron chi connectivity index (χ0n) is 13.0. The summed E-state index contributed by atoms with van der Waals surface area (Å²) in [5.74, 6) is 0.835. The number of anilines is 1. The van der Waals surface area contributed by atoms with E-state index in [4.69, 9.17) is 9.73 Å². The number of hydrogen-bond acceptors (Lipinski definition) is 4. The highest BCUT2D eigenvalue weighted by Gasteiger charge is 2.34. The van der Waals surface area contributed by atoms with Crippen LogP contribution in [0, 0.1) is 0 Å². The number of aliphatic imine (C=N–C) groups is 1. The number of nitrogens with one attached hydrogen (secondary N) is 1. The van der Waals surface area contributed by atoms with E-state index in [9.17, 15) is 4.79 Å². The number of rotatable bonds is 2. The van der Waals surface area contributed by atoms with Crippen molar-refractivity contribution in [3.8, 4) is 5.75 Å². The zero-order chi connectivity index (χ0) is 16.0. The molecule has 0 radical (unpaired) electrons. The van der Waals surface area contributed by atoms with Gasteiger partial charge in [-0.25, -0.2) is 0 Å². The molecule has 4 nitrogen and oxygen atoms in total. The molecule has 2 aromatic carbocycles. The predicted octanol–water partition coefficient (Wildman–Crippen LogP) is 3.54. The molecule has 0 spiro atoms. The summed E-state index contributed by atoms with van der Waals surface area (Å²) < 4.78 is 5.22. The number of nitrogens with zero attached hydrogens (tertiary/aromatic N) is 1. The topological polar surface area (TPSA) is 50.7 Å². The monoisotopic (exact) mass is 304 g/mol. The molecule has 0 amide bonds. The second kappa shape index (κ2) is 4.81. The molecule has 1 aliphatic carbocycles. The van der Waals surface area contributed by atoms with Crippen LogP contribution in [0.2, 0.25) is 0 Å². The molecule has 1 aliphatic heterocycles. The maximum atomic E-state index is 12.0. The molecule has 0 fully saturated rings. The van der Waals surface area contributed by atoms with Crippen LogP contribution < -0.4 is 10.1 Å². The van der Waals surface area contributed by atoms with Gasteiger partial charge in [0, 0.05) is 16.8 Å². The molecule has 0 aromatic heterocycles. The van der Waals surface area contributed by atoms with Gasteiger partial charge < -0.3 is 10.1 Å². The normalized spacial score (nSPS) is 21.3. The average molecular weight is 304 g/mol. The van der Waals surface area contributed by atoms with E-state index < -0.39 is 5.66 Å². The summed E-state index contributed by atoms with van der Waals surface area (Å²) in [4.78, 5) is 16.9. The molecular formula is C19H16N2O2. The summed E-state index contributed by atoms with van der Waals surface area (Å²) in [5, 5.41) is 3.47. The lowest BCUT2D eigenvalue weighted by Gasteiger charge is -2.35. The predicted molar refractivity (Wildman–Crippen MR) is 90.4 cm³/mol. The van der Waals surface area contributed by atoms with Crippen molar-refractivity contribution in [1.82, 2.24) is 0 Å². The lowest BCUT2D eigenvalue weighted by atomic mass is 9.88. The van der Waals surface area contributed by atoms with Gasteiger partial charge in [-0.05, 0) is 42.8 Å². The van der Waals surface area contributed by atoms with Crippen LogP contribution >= 0.6 is 0 Å². The second-order valence-electron chi connectivity index (χ2n) is 5.85. The number of carbonyl (C=O) groups excluding carboxylic acids is 1. The molecule has 2 aliphatic rings. The maximum Gasteiger partial charge on any atom is 0.186 e. The molecule has 1 N–H and O–H groups in total. The number of allylic oxidation sites excluding steroid dienone is 2. The summed E-state index contributed by atoms with van der Waals surface area (Å²) in [6.07, 6.45) is 3.39. The fraction of sp³-hybridized carbons (Fsp3) is 0.158. The Bertz CT molecular complexity index is 865. The van der Waals surface area contributed by atoms with Crippen LogP contribution in [0.1, 0.15) is 28.4 Å². The number of ether oxygens (including phenoxy) is 1. The van der Waals surface area contributed by atoms with E-state index in [0.29, 0.717) is 5.56 Å². The Morgan fingerprint density at radius 2 is 1.87 bits per heavy atom. The van der Waals surface area contributed by atoms with E-state index >= 15 is 0 Å². The van der Waals surface area contributed by atoms with Crippen LogP contribution in [0.15, 0.2) is 59.6 Å². The van der Waals surface area contributed by atoms with E-state index in [1.807, 2.05) is 49.4 Å². The molecule has 4 rings (SSSR count). The molecule has 0 saturated heterocycles. The first-order valence-electron chi connectivity index (χ1n) is 7.49. The summed E-state index contributed by atoms with van der Waals surface area (Å²) in [5.41, 5.74) is 3.82. The first-order chi connectivity index (χ1) is 11.1. The minimum atomic E-state index is -0.585. The van der Waals surface area contributed by atoms with E-state index in [1.165, 1.54) is 0 Å². The second-order valence-corrected chi connectivity index (χ2v) is 5.85. The number of benzene rings is 2. The van der Waals surface area contributed by atoms with Crippen molar-refractivity contribution in [1.29, 1.82) is 0 Å². The largest absolute Gasteiger partial charge is 0.497 e. The maximum absolute atomic E-state index is 12.0. The highest BCUT2D eigenvalue weighted by molar-refractivity contribution is 6.26. The lowest BCUT2D eigenvalue weighted by Crippen LogP contribution is -2.36. The van der Waals surface area contributed by atoms with E-state index in [0.717, 1.165) is 28.3 Å². The third-order valence-corrected chi connectivity index (χ3v) is 4.35. The fourth-order valence-electron chi connectivity index (χ4n) is 3.14. The molecule has 1 heterocycles. The zero-order valence-corrected chi connectivity index (χ0v) is 13.0. The van der Waals surface area contributed by atoms with Crippen LogP contribution in [0.3, 0.4) is 0 Å².